The Balaban J connectivity index is 1.28. The standard InChI is InChI=1S/C30H33N9O3/c1-20-17-21(7-8-23(20)36-15-13-35(2)14-16-36)32-30-31-18-22-27(34-30)39-25-10-9-24-28(33-25)37(26(40)19-42-24)11-5-3-4-6-12-38(39)29(22)41/h4,6-10,17-18H,3,5,11-16,19H2,1-2H3,(H,31,32,34)/b6-4-. The van der Waals surface area contributed by atoms with E-state index in [4.69, 9.17) is 14.7 Å². The van der Waals surface area contributed by atoms with E-state index in [1.807, 2.05) is 18.2 Å². The second-order valence-electron chi connectivity index (χ2n) is 11.0. The number of carbonyl (C=O) groups is 1. The third-order valence-corrected chi connectivity index (χ3v) is 8.12. The Hall–Kier alpha value is -4.71. The summed E-state index contributed by atoms with van der Waals surface area (Å²) in [4.78, 5) is 46.8. The van der Waals surface area contributed by atoms with E-state index in [1.54, 1.807) is 32.6 Å². The fourth-order valence-corrected chi connectivity index (χ4v) is 5.83. The maximum absolute atomic E-state index is 13.5. The van der Waals surface area contributed by atoms with Crippen LogP contribution in [-0.2, 0) is 11.3 Å². The molecule has 1 fully saturated rings. The fraction of sp³-hybridized carbons (Fsp3) is 0.367. The van der Waals surface area contributed by atoms with Gasteiger partial charge in [-0.1, -0.05) is 12.2 Å². The number of rotatable bonds is 3. The van der Waals surface area contributed by atoms with E-state index in [2.05, 4.69) is 46.2 Å². The van der Waals surface area contributed by atoms with Gasteiger partial charge in [0.15, 0.2) is 29.6 Å². The molecule has 0 spiro atoms. The second kappa shape index (κ2) is 10.6. The highest BCUT2D eigenvalue weighted by molar-refractivity contribution is 5.96. The molecule has 6 heterocycles. The lowest BCUT2D eigenvalue weighted by molar-refractivity contribution is -0.121. The lowest BCUT2D eigenvalue weighted by atomic mass is 10.1. The summed E-state index contributed by atoms with van der Waals surface area (Å²) >= 11 is 0. The van der Waals surface area contributed by atoms with E-state index in [9.17, 15) is 9.59 Å². The van der Waals surface area contributed by atoms with Crippen LogP contribution in [0, 0.1) is 6.92 Å². The molecule has 3 aliphatic rings. The van der Waals surface area contributed by atoms with E-state index < -0.39 is 0 Å². The Kier molecular flexibility index (Phi) is 6.62. The zero-order valence-corrected chi connectivity index (χ0v) is 23.8. The number of likely N-dealkylation sites (N-methyl/N-ethyl adjacent to an activating group) is 1. The maximum atomic E-state index is 13.5. The summed E-state index contributed by atoms with van der Waals surface area (Å²) in [5.41, 5.74) is 3.47. The van der Waals surface area contributed by atoms with E-state index >= 15 is 0 Å². The number of aryl methyl sites for hydroxylation is 1. The van der Waals surface area contributed by atoms with Crippen molar-refractivity contribution in [3.8, 4) is 11.6 Å². The molecule has 0 radical (unpaired) electrons. The number of nitrogens with zero attached hydrogens (tertiary/aromatic N) is 8. The highest BCUT2D eigenvalue weighted by atomic mass is 16.5. The number of nitrogens with one attached hydrogen (secondary N) is 1. The van der Waals surface area contributed by atoms with E-state index in [0.29, 0.717) is 47.5 Å². The summed E-state index contributed by atoms with van der Waals surface area (Å²) in [5.74, 6) is 1.71. The zero-order chi connectivity index (χ0) is 28.8. The summed E-state index contributed by atoms with van der Waals surface area (Å²) in [7, 11) is 2.15. The summed E-state index contributed by atoms with van der Waals surface area (Å²) in [5, 5.41) is 3.71. The number of amides is 1. The minimum Gasteiger partial charge on any atom is -0.480 e. The molecule has 4 aromatic rings. The summed E-state index contributed by atoms with van der Waals surface area (Å²) in [6, 6.07) is 9.85. The first-order valence-electron chi connectivity index (χ1n) is 14.4. The molecule has 12 nitrogen and oxygen atoms in total. The van der Waals surface area contributed by atoms with Crippen LogP contribution in [0.2, 0.25) is 0 Å². The topological polar surface area (TPSA) is 114 Å². The molecule has 1 N–H and O–H groups in total. The molecule has 2 bridgehead atoms. The number of piperazine rings is 1. The average Bonchev–Trinajstić information content (AvgIpc) is 3.26. The Morgan fingerprint density at radius 1 is 0.976 bits per heavy atom. The van der Waals surface area contributed by atoms with Crippen molar-refractivity contribution in [2.24, 2.45) is 0 Å². The first-order valence-corrected chi connectivity index (χ1v) is 14.4. The van der Waals surface area contributed by atoms with Crippen molar-refractivity contribution in [3.63, 3.8) is 0 Å². The second-order valence-corrected chi connectivity index (χ2v) is 11.0. The van der Waals surface area contributed by atoms with Crippen LogP contribution in [0.15, 0.2) is 53.5 Å². The van der Waals surface area contributed by atoms with Crippen LogP contribution in [-0.4, -0.2) is 81.5 Å². The van der Waals surface area contributed by atoms with Gasteiger partial charge in [0, 0.05) is 50.3 Å². The molecular formula is C30H33N9O3. The number of hydrogen-bond acceptors (Lipinski definition) is 9. The third-order valence-electron chi connectivity index (χ3n) is 8.12. The van der Waals surface area contributed by atoms with Crippen LogP contribution in [0.4, 0.5) is 23.1 Å². The monoisotopic (exact) mass is 567 g/mol. The van der Waals surface area contributed by atoms with Crippen LogP contribution in [0.3, 0.4) is 0 Å². The van der Waals surface area contributed by atoms with E-state index in [0.717, 1.165) is 44.7 Å². The largest absolute Gasteiger partial charge is 0.480 e. The molecule has 0 atom stereocenters. The summed E-state index contributed by atoms with van der Waals surface area (Å²) < 4.78 is 8.96. The van der Waals surface area contributed by atoms with Crippen molar-refractivity contribution in [2.45, 2.75) is 26.3 Å². The molecule has 0 saturated carbocycles. The van der Waals surface area contributed by atoms with Gasteiger partial charge in [-0.05, 0) is 62.7 Å². The number of hydrogen-bond donors (Lipinski definition) is 1. The molecule has 0 unspecified atom stereocenters. The molecule has 3 aliphatic heterocycles. The van der Waals surface area contributed by atoms with Gasteiger partial charge in [0.25, 0.3) is 11.5 Å². The molecule has 42 heavy (non-hydrogen) atoms. The van der Waals surface area contributed by atoms with Crippen molar-refractivity contribution in [1.82, 2.24) is 29.2 Å². The fourth-order valence-electron chi connectivity index (χ4n) is 5.83. The molecule has 0 aliphatic carbocycles. The lowest BCUT2D eigenvalue weighted by Gasteiger charge is -2.35. The number of pyridine rings is 1. The molecule has 1 aromatic carbocycles. The summed E-state index contributed by atoms with van der Waals surface area (Å²) in [6.07, 6.45) is 7.12. The highest BCUT2D eigenvalue weighted by Gasteiger charge is 2.28. The van der Waals surface area contributed by atoms with Gasteiger partial charge >= 0.3 is 0 Å². The number of aromatic nitrogens is 5. The molecule has 3 aromatic heterocycles. The van der Waals surface area contributed by atoms with Crippen molar-refractivity contribution >= 4 is 40.1 Å². The summed E-state index contributed by atoms with van der Waals surface area (Å²) in [6.45, 7) is 7.09. The van der Waals surface area contributed by atoms with Gasteiger partial charge in [-0.3, -0.25) is 14.5 Å². The predicted octanol–water partition coefficient (Wildman–Crippen LogP) is 2.86. The van der Waals surface area contributed by atoms with E-state index in [1.165, 1.54) is 11.3 Å². The molecule has 1 saturated heterocycles. The predicted molar refractivity (Wildman–Crippen MR) is 161 cm³/mol. The molecule has 12 heteroatoms. The number of ether oxygens (including phenoxy) is 1. The number of anilines is 4. The Labute approximate surface area is 242 Å². The zero-order valence-electron chi connectivity index (χ0n) is 23.8. The van der Waals surface area contributed by atoms with Gasteiger partial charge < -0.3 is 19.9 Å². The minimum atomic E-state index is -0.214. The normalized spacial score (nSPS) is 18.2. The van der Waals surface area contributed by atoms with Crippen LogP contribution < -0.4 is 25.4 Å². The van der Waals surface area contributed by atoms with Crippen LogP contribution in [0.5, 0.6) is 5.75 Å². The quantitative estimate of drug-likeness (QED) is 0.374. The van der Waals surface area contributed by atoms with Gasteiger partial charge in [-0.15, -0.1) is 0 Å². The molecule has 7 rings (SSSR count). The third kappa shape index (κ3) is 4.67. The van der Waals surface area contributed by atoms with Crippen molar-refractivity contribution < 1.29 is 9.53 Å². The maximum Gasteiger partial charge on any atom is 0.278 e. The van der Waals surface area contributed by atoms with Gasteiger partial charge in [0.1, 0.15) is 5.39 Å². The van der Waals surface area contributed by atoms with Gasteiger partial charge in [-0.2, -0.15) is 4.98 Å². The average molecular weight is 568 g/mol. The Bertz CT molecular complexity index is 1770. The number of carbonyl (C=O) groups excluding carboxylic acids is 1. The first kappa shape index (κ1) is 26.2. The van der Waals surface area contributed by atoms with Crippen molar-refractivity contribution in [1.29, 1.82) is 0 Å². The SMILES string of the molecule is Cc1cc(Nc2ncc3c(=O)n4n(c3n2)-c2ccc3c(n2)N(CCC/C=C\C4)C(=O)CO3)ccc1N1CCN(C)CC1. The molecule has 216 valence electrons. The Morgan fingerprint density at radius 2 is 1.83 bits per heavy atom. The van der Waals surface area contributed by atoms with Crippen molar-refractivity contribution in [3.05, 3.63) is 64.6 Å². The lowest BCUT2D eigenvalue weighted by Crippen LogP contribution is -2.44. The van der Waals surface area contributed by atoms with Crippen LogP contribution >= 0.6 is 0 Å². The Morgan fingerprint density at radius 3 is 2.67 bits per heavy atom. The minimum absolute atomic E-state index is 0.0148. The molecule has 1 amide bonds. The van der Waals surface area contributed by atoms with Gasteiger partial charge in [0.05, 0.1) is 6.54 Å². The highest BCUT2D eigenvalue weighted by Crippen LogP contribution is 2.32. The first-order chi connectivity index (χ1) is 20.5. The number of benzene rings is 1. The van der Waals surface area contributed by atoms with Crippen molar-refractivity contribution in [2.75, 3.05) is 61.5 Å². The van der Waals surface area contributed by atoms with E-state index in [-0.39, 0.29) is 18.1 Å². The number of fused-ring (bicyclic) bond motifs is 5. The molecular weight excluding hydrogens is 534 g/mol. The van der Waals surface area contributed by atoms with Crippen LogP contribution in [0.25, 0.3) is 16.9 Å². The number of allylic oxidation sites excluding steroid dienone is 2. The van der Waals surface area contributed by atoms with Gasteiger partial charge in [-0.25, -0.2) is 19.3 Å². The smallest absolute Gasteiger partial charge is 0.278 e. The van der Waals surface area contributed by atoms with Gasteiger partial charge in [0.2, 0.25) is 5.95 Å². The van der Waals surface area contributed by atoms with Crippen LogP contribution in [0.1, 0.15) is 18.4 Å².